The third-order valence-corrected chi connectivity index (χ3v) is 4.17. The van der Waals surface area contributed by atoms with Crippen LogP contribution in [0.1, 0.15) is 11.8 Å². The number of thiophene rings is 1. The van der Waals surface area contributed by atoms with Gasteiger partial charge in [-0.1, -0.05) is 0 Å². The van der Waals surface area contributed by atoms with E-state index in [0.717, 1.165) is 8.66 Å². The average molecular weight is 344 g/mol. The van der Waals surface area contributed by atoms with E-state index in [-0.39, 0.29) is 18.4 Å². The van der Waals surface area contributed by atoms with Gasteiger partial charge in [0.2, 0.25) is 11.9 Å². The molecule has 8 heteroatoms. The third kappa shape index (κ3) is 3.77. The van der Waals surface area contributed by atoms with Crippen molar-refractivity contribution in [2.75, 3.05) is 12.3 Å². The van der Waals surface area contributed by atoms with Crippen molar-refractivity contribution in [3.05, 3.63) is 27.1 Å². The number of likely N-dealkylation sites (N-methyl/N-ethyl adjacent to an activating group) is 1. The van der Waals surface area contributed by atoms with Crippen molar-refractivity contribution in [3.8, 4) is 0 Å². The van der Waals surface area contributed by atoms with Crippen LogP contribution < -0.4 is 5.73 Å². The van der Waals surface area contributed by atoms with Crippen LogP contribution in [0.25, 0.3) is 0 Å². The molecule has 19 heavy (non-hydrogen) atoms. The van der Waals surface area contributed by atoms with Crippen molar-refractivity contribution in [2.45, 2.75) is 20.0 Å². The Morgan fingerprint density at radius 1 is 1.58 bits per heavy atom. The fourth-order valence-corrected chi connectivity index (χ4v) is 3.12. The SMILES string of the molecule is CCN(Cc1ccc(Br)s1)C(=O)Cn1cnc(N)n1. The number of halogens is 1. The van der Waals surface area contributed by atoms with Gasteiger partial charge in [-0.3, -0.25) is 4.79 Å². The maximum atomic E-state index is 12.2. The van der Waals surface area contributed by atoms with Crippen molar-refractivity contribution >= 4 is 39.1 Å². The zero-order valence-electron chi connectivity index (χ0n) is 10.4. The number of hydrogen-bond acceptors (Lipinski definition) is 5. The van der Waals surface area contributed by atoms with Gasteiger partial charge in [-0.25, -0.2) is 9.67 Å². The van der Waals surface area contributed by atoms with Crippen LogP contribution in [0.3, 0.4) is 0 Å². The summed E-state index contributed by atoms with van der Waals surface area (Å²) in [6, 6.07) is 3.99. The van der Waals surface area contributed by atoms with Crippen LogP contribution >= 0.6 is 27.3 Å². The summed E-state index contributed by atoms with van der Waals surface area (Å²) in [4.78, 5) is 18.9. The molecule has 2 N–H and O–H groups in total. The van der Waals surface area contributed by atoms with E-state index in [4.69, 9.17) is 5.73 Å². The Morgan fingerprint density at radius 2 is 2.37 bits per heavy atom. The molecule has 102 valence electrons. The zero-order chi connectivity index (χ0) is 13.8. The van der Waals surface area contributed by atoms with Gasteiger partial charge in [0, 0.05) is 11.4 Å². The van der Waals surface area contributed by atoms with Crippen LogP contribution in [-0.4, -0.2) is 32.1 Å². The van der Waals surface area contributed by atoms with Gasteiger partial charge in [0.25, 0.3) is 0 Å². The summed E-state index contributed by atoms with van der Waals surface area (Å²) < 4.78 is 2.51. The highest BCUT2D eigenvalue weighted by Gasteiger charge is 2.14. The fourth-order valence-electron chi connectivity index (χ4n) is 1.62. The molecular weight excluding hydrogens is 330 g/mol. The zero-order valence-corrected chi connectivity index (χ0v) is 12.8. The van der Waals surface area contributed by atoms with E-state index in [1.165, 1.54) is 11.0 Å². The summed E-state index contributed by atoms with van der Waals surface area (Å²) in [5.41, 5.74) is 5.42. The Morgan fingerprint density at radius 3 is 2.89 bits per heavy atom. The van der Waals surface area contributed by atoms with E-state index >= 15 is 0 Å². The molecule has 6 nitrogen and oxygen atoms in total. The number of aromatic nitrogens is 3. The lowest BCUT2D eigenvalue weighted by atomic mass is 10.4. The molecular formula is C11H14BrN5OS. The molecule has 0 fully saturated rings. The standard InChI is InChI=1S/C11H14BrN5OS/c1-2-16(5-8-3-4-9(12)19-8)10(18)6-17-7-14-11(13)15-17/h3-4,7H,2,5-6H2,1H3,(H2,13,15). The first-order valence-corrected chi connectivity index (χ1v) is 7.36. The predicted octanol–water partition coefficient (Wildman–Crippen LogP) is 1.73. The summed E-state index contributed by atoms with van der Waals surface area (Å²) in [7, 11) is 0. The molecule has 0 aliphatic heterocycles. The van der Waals surface area contributed by atoms with Gasteiger partial charge in [-0.2, -0.15) is 0 Å². The van der Waals surface area contributed by atoms with Gasteiger partial charge in [-0.05, 0) is 35.0 Å². The monoisotopic (exact) mass is 343 g/mol. The minimum Gasteiger partial charge on any atom is -0.367 e. The lowest BCUT2D eigenvalue weighted by Gasteiger charge is -2.19. The molecule has 2 aromatic rings. The minimum absolute atomic E-state index is 0.00285. The first kappa shape index (κ1) is 14.0. The Bertz CT molecular complexity index is 567. The summed E-state index contributed by atoms with van der Waals surface area (Å²) in [5.74, 6) is 0.176. The maximum Gasteiger partial charge on any atom is 0.244 e. The Kier molecular flexibility index (Phi) is 4.54. The van der Waals surface area contributed by atoms with Gasteiger partial charge in [-0.15, -0.1) is 16.4 Å². The second kappa shape index (κ2) is 6.16. The highest BCUT2D eigenvalue weighted by molar-refractivity contribution is 9.11. The van der Waals surface area contributed by atoms with Gasteiger partial charge >= 0.3 is 0 Å². The largest absolute Gasteiger partial charge is 0.367 e. The number of amides is 1. The second-order valence-corrected chi connectivity index (χ2v) is 6.46. The first-order valence-electron chi connectivity index (χ1n) is 5.75. The van der Waals surface area contributed by atoms with Crippen LogP contribution in [0, 0.1) is 0 Å². The highest BCUT2D eigenvalue weighted by Crippen LogP contribution is 2.23. The number of nitrogens with zero attached hydrogens (tertiary/aromatic N) is 4. The molecule has 2 rings (SSSR count). The van der Waals surface area contributed by atoms with E-state index in [9.17, 15) is 4.79 Å². The molecule has 0 aliphatic carbocycles. The fraction of sp³-hybridized carbons (Fsp3) is 0.364. The topological polar surface area (TPSA) is 77.0 Å². The van der Waals surface area contributed by atoms with E-state index in [2.05, 4.69) is 26.0 Å². The molecule has 0 atom stereocenters. The summed E-state index contributed by atoms with van der Waals surface area (Å²) in [5, 5.41) is 3.91. The van der Waals surface area contributed by atoms with Gasteiger partial charge in [0.05, 0.1) is 10.3 Å². The van der Waals surface area contributed by atoms with Crippen molar-refractivity contribution in [2.24, 2.45) is 0 Å². The highest BCUT2D eigenvalue weighted by atomic mass is 79.9. The molecule has 2 heterocycles. The number of hydrogen-bond donors (Lipinski definition) is 1. The van der Waals surface area contributed by atoms with E-state index < -0.39 is 0 Å². The molecule has 0 radical (unpaired) electrons. The van der Waals surface area contributed by atoms with Crippen molar-refractivity contribution in [1.29, 1.82) is 0 Å². The summed E-state index contributed by atoms with van der Waals surface area (Å²) in [6.07, 6.45) is 1.46. The smallest absolute Gasteiger partial charge is 0.244 e. The molecule has 0 bridgehead atoms. The Labute approximate surface area is 123 Å². The number of nitrogen functional groups attached to an aromatic ring is 1. The lowest BCUT2D eigenvalue weighted by Crippen LogP contribution is -2.33. The van der Waals surface area contributed by atoms with Gasteiger partial charge in [0.15, 0.2) is 0 Å². The number of carbonyl (C=O) groups is 1. The van der Waals surface area contributed by atoms with Crippen LogP contribution in [0.5, 0.6) is 0 Å². The molecule has 0 aromatic carbocycles. The molecule has 1 amide bonds. The van der Waals surface area contributed by atoms with Crippen molar-refractivity contribution < 1.29 is 4.79 Å². The maximum absolute atomic E-state index is 12.2. The molecule has 0 spiro atoms. The Hall–Kier alpha value is -1.41. The van der Waals surface area contributed by atoms with E-state index in [1.807, 2.05) is 19.1 Å². The van der Waals surface area contributed by atoms with Crippen LogP contribution in [0.4, 0.5) is 5.95 Å². The number of anilines is 1. The predicted molar refractivity (Wildman–Crippen MR) is 77.5 cm³/mol. The number of nitrogens with two attached hydrogens (primary N) is 1. The summed E-state index contributed by atoms with van der Waals surface area (Å²) in [6.45, 7) is 3.37. The molecule has 0 unspecified atom stereocenters. The average Bonchev–Trinajstić information content (AvgIpc) is 2.95. The van der Waals surface area contributed by atoms with E-state index in [0.29, 0.717) is 13.1 Å². The van der Waals surface area contributed by atoms with Crippen LogP contribution in [0.15, 0.2) is 22.2 Å². The molecule has 0 saturated carbocycles. The quantitative estimate of drug-likeness (QED) is 0.896. The van der Waals surface area contributed by atoms with Crippen molar-refractivity contribution in [3.63, 3.8) is 0 Å². The second-order valence-electron chi connectivity index (χ2n) is 3.91. The normalized spacial score (nSPS) is 10.6. The summed E-state index contributed by atoms with van der Waals surface area (Å²) >= 11 is 5.04. The molecule has 0 saturated heterocycles. The minimum atomic E-state index is -0.00285. The molecule has 2 aromatic heterocycles. The lowest BCUT2D eigenvalue weighted by molar-refractivity contribution is -0.132. The van der Waals surface area contributed by atoms with Gasteiger partial charge in [0.1, 0.15) is 12.9 Å². The first-order chi connectivity index (χ1) is 9.08. The van der Waals surface area contributed by atoms with Crippen LogP contribution in [-0.2, 0) is 17.9 Å². The van der Waals surface area contributed by atoms with Gasteiger partial charge < -0.3 is 10.6 Å². The van der Waals surface area contributed by atoms with Crippen molar-refractivity contribution in [1.82, 2.24) is 19.7 Å². The molecule has 0 aliphatic rings. The Balaban J connectivity index is 1.98. The third-order valence-electron chi connectivity index (χ3n) is 2.56. The number of rotatable bonds is 5. The van der Waals surface area contributed by atoms with Crippen LogP contribution in [0.2, 0.25) is 0 Å². The number of carbonyl (C=O) groups excluding carboxylic acids is 1. The van der Waals surface area contributed by atoms with E-state index in [1.54, 1.807) is 16.2 Å².